The van der Waals surface area contributed by atoms with Crippen molar-refractivity contribution in [2.45, 2.75) is 79.2 Å². The first kappa shape index (κ1) is 19.5. The molecule has 2 aromatic rings. The second-order valence-corrected chi connectivity index (χ2v) is 7.83. The Hall–Kier alpha value is -1.57. The van der Waals surface area contributed by atoms with E-state index in [2.05, 4.69) is 95.5 Å². The van der Waals surface area contributed by atoms with Crippen LogP contribution in [0.5, 0.6) is 0 Å². The predicted molar refractivity (Wildman–Crippen MR) is 101 cm³/mol. The third-order valence-corrected chi connectivity index (χ3v) is 4.55. The van der Waals surface area contributed by atoms with E-state index in [1.807, 2.05) is 6.20 Å². The lowest BCUT2D eigenvalue weighted by Gasteiger charge is -2.23. The average Bonchev–Trinajstić information content (AvgIpc) is 2.96. The first-order valence-corrected chi connectivity index (χ1v) is 8.72. The smallest absolute Gasteiger partial charge is 0.0492 e. The highest BCUT2D eigenvalue weighted by atomic mass is 15.3. The van der Waals surface area contributed by atoms with E-state index in [0.29, 0.717) is 0 Å². The van der Waals surface area contributed by atoms with Gasteiger partial charge in [-0.3, -0.25) is 4.68 Å². The zero-order chi connectivity index (χ0) is 17.7. The summed E-state index contributed by atoms with van der Waals surface area (Å²) >= 11 is 0. The molecule has 0 fully saturated rings. The summed E-state index contributed by atoms with van der Waals surface area (Å²) in [5, 5.41) is 4.27. The highest BCUT2D eigenvalue weighted by molar-refractivity contribution is 5.31. The summed E-state index contributed by atoms with van der Waals surface area (Å²) in [6, 6.07) is 10.7. The molecule has 2 nitrogen and oxygen atoms in total. The van der Waals surface area contributed by atoms with Gasteiger partial charge in [0.2, 0.25) is 0 Å². The van der Waals surface area contributed by atoms with E-state index in [9.17, 15) is 0 Å². The molecular formula is C21H34N2. The summed E-state index contributed by atoms with van der Waals surface area (Å²) in [7, 11) is 0. The molecule has 0 saturated carbocycles. The molecular weight excluding hydrogens is 280 g/mol. The average molecular weight is 315 g/mol. The summed E-state index contributed by atoms with van der Waals surface area (Å²) in [4.78, 5) is 0. The summed E-state index contributed by atoms with van der Waals surface area (Å²) in [5.74, 6) is 0. The zero-order valence-corrected chi connectivity index (χ0v) is 16.3. The van der Waals surface area contributed by atoms with Gasteiger partial charge < -0.3 is 0 Å². The maximum Gasteiger partial charge on any atom is 0.0492 e. The molecule has 128 valence electrons. The number of hydrogen-bond donors (Lipinski definition) is 0. The normalized spacial score (nSPS) is 11.8. The SMILES string of the molecule is CCn1nccc1C(C)(C)CC.Cc1ccccc1C(C)(C)C. The Bertz CT molecular complexity index is 600. The Morgan fingerprint density at radius 3 is 2.00 bits per heavy atom. The van der Waals surface area contributed by atoms with Gasteiger partial charge in [-0.15, -0.1) is 0 Å². The van der Waals surface area contributed by atoms with Gasteiger partial charge in [-0.1, -0.05) is 65.8 Å². The maximum absolute atomic E-state index is 4.27. The van der Waals surface area contributed by atoms with Gasteiger partial charge in [-0.05, 0) is 42.9 Å². The molecule has 0 aliphatic rings. The largest absolute Gasteiger partial charge is 0.269 e. The molecule has 1 aromatic carbocycles. The van der Waals surface area contributed by atoms with Crippen LogP contribution in [0, 0.1) is 6.92 Å². The maximum atomic E-state index is 4.27. The van der Waals surface area contributed by atoms with E-state index in [4.69, 9.17) is 0 Å². The van der Waals surface area contributed by atoms with Crippen molar-refractivity contribution in [1.29, 1.82) is 0 Å². The standard InChI is InChI=1S/C11H16.C10H18N2/c1-9-7-5-6-8-10(9)11(2,3)4;1-5-10(3,4)9-7-8-11-12(9)6-2/h5-8H,1-4H3;7-8H,5-6H2,1-4H3. The van der Waals surface area contributed by atoms with Crippen LogP contribution in [-0.2, 0) is 17.4 Å². The van der Waals surface area contributed by atoms with Gasteiger partial charge in [0.1, 0.15) is 0 Å². The fourth-order valence-electron chi connectivity index (χ4n) is 2.76. The molecule has 0 unspecified atom stereocenters. The van der Waals surface area contributed by atoms with Gasteiger partial charge in [0.25, 0.3) is 0 Å². The molecule has 1 heterocycles. The fourth-order valence-corrected chi connectivity index (χ4v) is 2.76. The minimum Gasteiger partial charge on any atom is -0.269 e. The summed E-state index contributed by atoms with van der Waals surface area (Å²) in [6.45, 7) is 18.7. The van der Waals surface area contributed by atoms with E-state index >= 15 is 0 Å². The van der Waals surface area contributed by atoms with Gasteiger partial charge in [0.05, 0.1) is 0 Å². The van der Waals surface area contributed by atoms with Crippen molar-refractivity contribution in [3.63, 3.8) is 0 Å². The molecule has 23 heavy (non-hydrogen) atoms. The summed E-state index contributed by atoms with van der Waals surface area (Å²) in [5.41, 5.74) is 4.71. The van der Waals surface area contributed by atoms with Gasteiger partial charge in [0.15, 0.2) is 0 Å². The van der Waals surface area contributed by atoms with Crippen molar-refractivity contribution in [1.82, 2.24) is 9.78 Å². The van der Waals surface area contributed by atoms with Crippen LogP contribution in [0.1, 0.15) is 71.7 Å². The van der Waals surface area contributed by atoms with Crippen molar-refractivity contribution >= 4 is 0 Å². The fraction of sp³-hybridized carbons (Fsp3) is 0.571. The number of aryl methyl sites for hydroxylation is 2. The lowest BCUT2D eigenvalue weighted by Crippen LogP contribution is -2.20. The van der Waals surface area contributed by atoms with E-state index in [1.165, 1.54) is 16.8 Å². The van der Waals surface area contributed by atoms with Crippen molar-refractivity contribution in [2.24, 2.45) is 0 Å². The second kappa shape index (κ2) is 7.81. The third kappa shape index (κ3) is 5.23. The zero-order valence-electron chi connectivity index (χ0n) is 16.3. The second-order valence-electron chi connectivity index (χ2n) is 7.83. The number of rotatable bonds is 3. The van der Waals surface area contributed by atoms with Crippen LogP contribution >= 0.6 is 0 Å². The number of nitrogens with zero attached hydrogens (tertiary/aromatic N) is 2. The van der Waals surface area contributed by atoms with Crippen LogP contribution in [0.3, 0.4) is 0 Å². The Kier molecular flexibility index (Phi) is 6.61. The van der Waals surface area contributed by atoms with Crippen molar-refractivity contribution in [3.8, 4) is 0 Å². The van der Waals surface area contributed by atoms with Crippen LogP contribution in [0.25, 0.3) is 0 Å². The topological polar surface area (TPSA) is 17.8 Å². The Labute approximate surface area is 142 Å². The van der Waals surface area contributed by atoms with Crippen LogP contribution in [0.2, 0.25) is 0 Å². The first-order chi connectivity index (χ1) is 10.6. The van der Waals surface area contributed by atoms with Crippen LogP contribution in [0.4, 0.5) is 0 Å². The minimum atomic E-state index is 0.256. The number of benzene rings is 1. The van der Waals surface area contributed by atoms with Gasteiger partial charge >= 0.3 is 0 Å². The van der Waals surface area contributed by atoms with E-state index in [0.717, 1.165) is 13.0 Å². The Morgan fingerprint density at radius 1 is 0.957 bits per heavy atom. The van der Waals surface area contributed by atoms with Crippen molar-refractivity contribution in [2.75, 3.05) is 0 Å². The molecule has 0 atom stereocenters. The summed E-state index contributed by atoms with van der Waals surface area (Å²) < 4.78 is 2.07. The Balaban J connectivity index is 0.000000231. The molecule has 2 heteroatoms. The van der Waals surface area contributed by atoms with E-state index in [-0.39, 0.29) is 10.8 Å². The molecule has 0 N–H and O–H groups in total. The number of aromatic nitrogens is 2. The third-order valence-electron chi connectivity index (χ3n) is 4.55. The van der Waals surface area contributed by atoms with Crippen molar-refractivity contribution in [3.05, 3.63) is 53.3 Å². The molecule has 0 spiro atoms. The Morgan fingerprint density at radius 2 is 1.57 bits per heavy atom. The van der Waals surface area contributed by atoms with Gasteiger partial charge in [-0.25, -0.2) is 0 Å². The highest BCUT2D eigenvalue weighted by Gasteiger charge is 2.21. The minimum absolute atomic E-state index is 0.256. The van der Waals surface area contributed by atoms with Crippen molar-refractivity contribution < 1.29 is 0 Å². The van der Waals surface area contributed by atoms with Crippen LogP contribution in [-0.4, -0.2) is 9.78 Å². The predicted octanol–water partition coefficient (Wildman–Crippen LogP) is 5.88. The van der Waals surface area contributed by atoms with E-state index in [1.54, 1.807) is 0 Å². The molecule has 0 saturated heterocycles. The summed E-state index contributed by atoms with van der Waals surface area (Å²) in [6.07, 6.45) is 3.04. The monoisotopic (exact) mass is 314 g/mol. The number of hydrogen-bond acceptors (Lipinski definition) is 1. The molecule has 1 aromatic heterocycles. The molecule has 0 bridgehead atoms. The van der Waals surface area contributed by atoms with Gasteiger partial charge in [-0.2, -0.15) is 5.10 Å². The molecule has 0 radical (unpaired) electrons. The first-order valence-electron chi connectivity index (χ1n) is 8.72. The molecule has 0 aliphatic carbocycles. The highest BCUT2D eigenvalue weighted by Crippen LogP contribution is 2.26. The molecule has 0 aliphatic heterocycles. The van der Waals surface area contributed by atoms with Crippen LogP contribution in [0.15, 0.2) is 36.5 Å². The molecule has 0 amide bonds. The lowest BCUT2D eigenvalue weighted by atomic mass is 9.84. The lowest BCUT2D eigenvalue weighted by molar-refractivity contribution is 0.446. The molecule has 2 rings (SSSR count). The quantitative estimate of drug-likeness (QED) is 0.691. The van der Waals surface area contributed by atoms with Gasteiger partial charge in [0, 0.05) is 23.9 Å². The van der Waals surface area contributed by atoms with Crippen LogP contribution < -0.4 is 0 Å². The van der Waals surface area contributed by atoms with E-state index < -0.39 is 0 Å².